The number of unbranched alkanes of at least 4 members (excludes halogenated alkanes) is 2. The Morgan fingerprint density at radius 2 is 1.64 bits per heavy atom. The van der Waals surface area contributed by atoms with Gasteiger partial charge in [0.05, 0.1) is 0 Å². The number of thioether (sulfide) groups is 1. The number of hydrogen-bond donors (Lipinski definition) is 0. The Labute approximate surface area is 92.7 Å². The molecule has 14 heavy (non-hydrogen) atoms. The summed E-state index contributed by atoms with van der Waals surface area (Å²) >= 11 is 1.93. The Morgan fingerprint density at radius 1 is 1.00 bits per heavy atom. The van der Waals surface area contributed by atoms with Gasteiger partial charge < -0.3 is 9.47 Å². The molecule has 0 rings (SSSR count). The molecule has 0 bridgehead atoms. The first-order valence-electron chi connectivity index (χ1n) is 5.66. The van der Waals surface area contributed by atoms with Crippen molar-refractivity contribution in [3.05, 3.63) is 0 Å². The molecule has 0 spiro atoms. The van der Waals surface area contributed by atoms with E-state index in [-0.39, 0.29) is 6.29 Å². The predicted molar refractivity (Wildman–Crippen MR) is 63.9 cm³/mol. The minimum atomic E-state index is -0.00312. The molecule has 0 unspecified atom stereocenters. The van der Waals surface area contributed by atoms with Crippen LogP contribution >= 0.6 is 11.8 Å². The van der Waals surface area contributed by atoms with Gasteiger partial charge in [0.15, 0.2) is 6.29 Å². The third-order valence-corrected chi connectivity index (χ3v) is 2.94. The average molecular weight is 220 g/mol. The van der Waals surface area contributed by atoms with E-state index in [0.29, 0.717) is 0 Å². The van der Waals surface area contributed by atoms with Gasteiger partial charge in [-0.3, -0.25) is 0 Å². The van der Waals surface area contributed by atoms with Crippen LogP contribution in [0.4, 0.5) is 0 Å². The van der Waals surface area contributed by atoms with Crippen molar-refractivity contribution in [2.24, 2.45) is 0 Å². The number of ether oxygens (including phenoxy) is 2. The highest BCUT2D eigenvalue weighted by molar-refractivity contribution is 7.99. The zero-order valence-electron chi connectivity index (χ0n) is 9.75. The summed E-state index contributed by atoms with van der Waals surface area (Å²) in [5.41, 5.74) is 0. The van der Waals surface area contributed by atoms with Gasteiger partial charge in [-0.25, -0.2) is 0 Å². The van der Waals surface area contributed by atoms with E-state index < -0.39 is 0 Å². The molecule has 0 saturated heterocycles. The van der Waals surface area contributed by atoms with Crippen molar-refractivity contribution in [3.63, 3.8) is 0 Å². The van der Waals surface area contributed by atoms with E-state index in [1.807, 2.05) is 25.6 Å². The van der Waals surface area contributed by atoms with Crippen LogP contribution in [0, 0.1) is 0 Å². The quantitative estimate of drug-likeness (QED) is 0.416. The Kier molecular flexibility index (Phi) is 11.6. The second kappa shape index (κ2) is 11.3. The van der Waals surface area contributed by atoms with Crippen LogP contribution in [0.1, 0.15) is 40.0 Å². The Balaban J connectivity index is 3.30. The summed E-state index contributed by atoms with van der Waals surface area (Å²) in [6, 6.07) is 0. The molecule has 0 aromatic rings. The smallest absolute Gasteiger partial charge is 0.166 e. The first-order valence-corrected chi connectivity index (χ1v) is 6.81. The standard InChI is InChI=1S/C11H24O2S/c1-4-7-8-9-14-10-11(12-5-2)13-6-3/h11H,4-10H2,1-3H3. The highest BCUT2D eigenvalue weighted by Crippen LogP contribution is 2.10. The normalized spacial score (nSPS) is 11.1. The van der Waals surface area contributed by atoms with Crippen molar-refractivity contribution in [1.82, 2.24) is 0 Å². The van der Waals surface area contributed by atoms with Crippen molar-refractivity contribution in [1.29, 1.82) is 0 Å². The Hall–Kier alpha value is 0.270. The maximum Gasteiger partial charge on any atom is 0.166 e. The maximum absolute atomic E-state index is 5.45. The summed E-state index contributed by atoms with van der Waals surface area (Å²) in [4.78, 5) is 0. The van der Waals surface area contributed by atoms with Gasteiger partial charge in [0.25, 0.3) is 0 Å². The fraction of sp³-hybridized carbons (Fsp3) is 1.00. The van der Waals surface area contributed by atoms with E-state index in [0.717, 1.165) is 19.0 Å². The van der Waals surface area contributed by atoms with Crippen molar-refractivity contribution in [3.8, 4) is 0 Å². The van der Waals surface area contributed by atoms with Crippen LogP contribution in [-0.2, 0) is 9.47 Å². The highest BCUT2D eigenvalue weighted by atomic mass is 32.2. The molecule has 0 aromatic heterocycles. The van der Waals surface area contributed by atoms with E-state index in [1.165, 1.54) is 25.0 Å². The highest BCUT2D eigenvalue weighted by Gasteiger charge is 2.06. The fourth-order valence-electron chi connectivity index (χ4n) is 1.15. The van der Waals surface area contributed by atoms with Gasteiger partial charge in [-0.2, -0.15) is 11.8 Å². The minimum absolute atomic E-state index is 0.00312. The molecular weight excluding hydrogens is 196 g/mol. The van der Waals surface area contributed by atoms with Gasteiger partial charge in [-0.15, -0.1) is 0 Å². The summed E-state index contributed by atoms with van der Waals surface area (Å²) in [6.07, 6.45) is 3.94. The van der Waals surface area contributed by atoms with E-state index in [4.69, 9.17) is 9.47 Å². The van der Waals surface area contributed by atoms with E-state index in [1.54, 1.807) is 0 Å². The van der Waals surface area contributed by atoms with E-state index in [2.05, 4.69) is 6.92 Å². The summed E-state index contributed by atoms with van der Waals surface area (Å²) in [5, 5.41) is 0. The zero-order valence-corrected chi connectivity index (χ0v) is 10.6. The van der Waals surface area contributed by atoms with Gasteiger partial charge in [0.2, 0.25) is 0 Å². The van der Waals surface area contributed by atoms with Crippen LogP contribution in [0.25, 0.3) is 0 Å². The topological polar surface area (TPSA) is 18.5 Å². The molecular formula is C11H24O2S. The molecule has 0 aromatic carbocycles. The van der Waals surface area contributed by atoms with Crippen LogP contribution in [0.2, 0.25) is 0 Å². The molecule has 0 N–H and O–H groups in total. The predicted octanol–water partition coefficient (Wildman–Crippen LogP) is 3.31. The molecule has 0 saturated carbocycles. The molecule has 0 fully saturated rings. The third kappa shape index (κ3) is 8.85. The maximum atomic E-state index is 5.45. The first kappa shape index (κ1) is 14.3. The Morgan fingerprint density at radius 3 is 2.14 bits per heavy atom. The van der Waals surface area contributed by atoms with Gasteiger partial charge in [0.1, 0.15) is 0 Å². The van der Waals surface area contributed by atoms with Gasteiger partial charge >= 0.3 is 0 Å². The van der Waals surface area contributed by atoms with Crippen LogP contribution in [0.5, 0.6) is 0 Å². The molecule has 86 valence electrons. The van der Waals surface area contributed by atoms with Crippen LogP contribution < -0.4 is 0 Å². The Bertz CT molecular complexity index is 103. The van der Waals surface area contributed by atoms with Gasteiger partial charge in [-0.1, -0.05) is 19.8 Å². The average Bonchev–Trinajstić information content (AvgIpc) is 2.18. The second-order valence-electron chi connectivity index (χ2n) is 3.12. The summed E-state index contributed by atoms with van der Waals surface area (Å²) < 4.78 is 10.9. The van der Waals surface area contributed by atoms with Crippen LogP contribution in [-0.4, -0.2) is 31.0 Å². The SMILES string of the molecule is CCCCCSCC(OCC)OCC. The molecule has 0 aliphatic carbocycles. The fourth-order valence-corrected chi connectivity index (χ4v) is 2.11. The molecule has 2 nitrogen and oxygen atoms in total. The number of rotatable bonds is 10. The molecule has 3 heteroatoms. The molecule has 0 radical (unpaired) electrons. The van der Waals surface area contributed by atoms with E-state index in [9.17, 15) is 0 Å². The minimum Gasteiger partial charge on any atom is -0.352 e. The molecule has 0 aliphatic rings. The van der Waals surface area contributed by atoms with Crippen molar-refractivity contribution in [2.45, 2.75) is 46.3 Å². The molecule has 0 heterocycles. The lowest BCUT2D eigenvalue weighted by molar-refractivity contribution is -0.120. The lowest BCUT2D eigenvalue weighted by Crippen LogP contribution is -2.20. The first-order chi connectivity index (χ1) is 6.85. The lowest BCUT2D eigenvalue weighted by atomic mass is 10.3. The monoisotopic (exact) mass is 220 g/mol. The summed E-state index contributed by atoms with van der Waals surface area (Å²) in [6.45, 7) is 7.72. The van der Waals surface area contributed by atoms with Crippen molar-refractivity contribution >= 4 is 11.8 Å². The third-order valence-electron chi connectivity index (χ3n) is 1.85. The van der Waals surface area contributed by atoms with Gasteiger partial charge in [0, 0.05) is 19.0 Å². The van der Waals surface area contributed by atoms with Crippen molar-refractivity contribution < 1.29 is 9.47 Å². The zero-order chi connectivity index (χ0) is 10.6. The summed E-state index contributed by atoms with van der Waals surface area (Å²) in [5.74, 6) is 2.19. The largest absolute Gasteiger partial charge is 0.352 e. The second-order valence-corrected chi connectivity index (χ2v) is 4.27. The molecule has 0 amide bonds. The van der Waals surface area contributed by atoms with Crippen molar-refractivity contribution in [2.75, 3.05) is 24.7 Å². The molecule has 0 aliphatic heterocycles. The van der Waals surface area contributed by atoms with Gasteiger partial charge in [-0.05, 0) is 26.0 Å². The van der Waals surface area contributed by atoms with Crippen LogP contribution in [0.15, 0.2) is 0 Å². The lowest BCUT2D eigenvalue weighted by Gasteiger charge is -2.16. The summed E-state index contributed by atoms with van der Waals surface area (Å²) in [7, 11) is 0. The van der Waals surface area contributed by atoms with E-state index >= 15 is 0 Å². The molecule has 0 atom stereocenters. The number of hydrogen-bond acceptors (Lipinski definition) is 3. The van der Waals surface area contributed by atoms with Crippen LogP contribution in [0.3, 0.4) is 0 Å².